The second kappa shape index (κ2) is 15.0. The Hall–Kier alpha value is -8.54. The fraction of sp³-hybridized carbons (Fsp3) is 0.121. The van der Waals surface area contributed by atoms with E-state index in [1.54, 1.807) is 0 Å². The molecule has 0 saturated heterocycles. The van der Waals surface area contributed by atoms with Gasteiger partial charge < -0.3 is 22.9 Å². The lowest BCUT2D eigenvalue weighted by Gasteiger charge is -2.35. The van der Waals surface area contributed by atoms with Crippen LogP contribution in [0, 0.1) is 0 Å². The van der Waals surface area contributed by atoms with Crippen molar-refractivity contribution in [2.24, 2.45) is 0 Å². The first-order valence-corrected chi connectivity index (χ1v) is 25.3. The highest BCUT2D eigenvalue weighted by Gasteiger charge is 2.40. The molecule has 4 aromatic heterocycles. The number of aromatic nitrogens is 2. The Balaban J connectivity index is 0.754. The Morgan fingerprint density at radius 2 is 1.27 bits per heavy atom. The molecule has 5 aliphatic rings. The van der Waals surface area contributed by atoms with Crippen LogP contribution in [0.1, 0.15) is 64.8 Å². The minimum atomic E-state index is 0.178. The van der Waals surface area contributed by atoms with Gasteiger partial charge in [-0.3, -0.25) is 0 Å². The van der Waals surface area contributed by atoms with E-state index < -0.39 is 0 Å². The summed E-state index contributed by atoms with van der Waals surface area (Å²) in [4.78, 5) is 2.63. The van der Waals surface area contributed by atoms with Gasteiger partial charge in [-0.2, -0.15) is 0 Å². The molecule has 0 radical (unpaired) electrons. The zero-order chi connectivity index (χ0) is 46.3. The topological polar surface area (TPSA) is 39.4 Å². The molecule has 5 heteroatoms. The van der Waals surface area contributed by atoms with Crippen LogP contribution >= 0.6 is 0 Å². The van der Waals surface area contributed by atoms with Gasteiger partial charge in [0.25, 0.3) is 0 Å². The molecular weight excluding hydrogens is 867 g/mol. The number of allylic oxidation sites excluding steroid dienone is 6. The minimum Gasteiger partial charge on any atom is -0.460 e. The quantitative estimate of drug-likeness (QED) is 0.173. The van der Waals surface area contributed by atoms with E-state index in [-0.39, 0.29) is 5.92 Å². The molecule has 0 saturated carbocycles. The molecule has 0 bridgehead atoms. The molecule has 0 N–H and O–H groups in total. The van der Waals surface area contributed by atoms with Crippen molar-refractivity contribution >= 4 is 89.0 Å². The molecule has 16 rings (SSSR count). The van der Waals surface area contributed by atoms with Gasteiger partial charge in [0.2, 0.25) is 0 Å². The maximum Gasteiger partial charge on any atom is 0.159 e. The normalized spacial score (nSPS) is 20.1. The molecule has 4 unspecified atom stereocenters. The van der Waals surface area contributed by atoms with Crippen LogP contribution in [0.4, 0.5) is 5.69 Å². The number of nitrogens with zero attached hydrogens (tertiary/aromatic N) is 3. The smallest absolute Gasteiger partial charge is 0.159 e. The van der Waals surface area contributed by atoms with Crippen molar-refractivity contribution in [3.8, 4) is 11.4 Å². The van der Waals surface area contributed by atoms with Gasteiger partial charge in [-0.1, -0.05) is 157 Å². The van der Waals surface area contributed by atoms with Crippen molar-refractivity contribution in [1.82, 2.24) is 9.13 Å². The number of fused-ring (bicyclic) bond motifs is 15. The average Bonchev–Trinajstić information content (AvgIpc) is 4.24. The summed E-state index contributed by atoms with van der Waals surface area (Å²) in [5.74, 6) is 1.58. The SMILES string of the molecule is C1=CCC(N2c3ccccc3C3C=C(c4ccc5oc6c(c5c4)C=CCC6C4=Cc5c(n(-c6ccc7oc8c(-n9c%10ccccc%10c%10ccccc%109)cccc8c7c6)c6ccccc56)CC4)C=CC32)C=C1. The first kappa shape index (κ1) is 39.3. The number of benzene rings is 7. The molecule has 338 valence electrons. The summed E-state index contributed by atoms with van der Waals surface area (Å²) in [6.07, 6.45) is 27.4. The van der Waals surface area contributed by atoms with Crippen molar-refractivity contribution in [1.29, 1.82) is 0 Å². The van der Waals surface area contributed by atoms with Gasteiger partial charge in [0.05, 0.1) is 34.3 Å². The second-order valence-electron chi connectivity index (χ2n) is 20.1. The molecule has 7 aromatic carbocycles. The second-order valence-corrected chi connectivity index (χ2v) is 20.1. The first-order chi connectivity index (χ1) is 35.2. The molecule has 11 aromatic rings. The van der Waals surface area contributed by atoms with E-state index in [9.17, 15) is 0 Å². The third-order valence-electron chi connectivity index (χ3n) is 16.5. The molecule has 0 amide bonds. The average molecular weight is 914 g/mol. The largest absolute Gasteiger partial charge is 0.460 e. The molecule has 5 heterocycles. The first-order valence-electron chi connectivity index (χ1n) is 25.3. The lowest BCUT2D eigenvalue weighted by molar-refractivity contribution is 0.507. The van der Waals surface area contributed by atoms with Crippen molar-refractivity contribution < 1.29 is 8.83 Å². The van der Waals surface area contributed by atoms with Gasteiger partial charge in [0.15, 0.2) is 5.58 Å². The number of rotatable bonds is 5. The van der Waals surface area contributed by atoms with E-state index in [4.69, 9.17) is 8.83 Å². The highest BCUT2D eigenvalue weighted by atomic mass is 16.3. The minimum absolute atomic E-state index is 0.178. The van der Waals surface area contributed by atoms with Gasteiger partial charge in [0, 0.05) is 72.3 Å². The van der Waals surface area contributed by atoms with Crippen molar-refractivity contribution in [2.75, 3.05) is 4.90 Å². The van der Waals surface area contributed by atoms with E-state index in [1.807, 2.05) is 0 Å². The third-order valence-corrected chi connectivity index (χ3v) is 16.5. The predicted molar refractivity (Wildman–Crippen MR) is 293 cm³/mol. The van der Waals surface area contributed by atoms with E-state index in [0.29, 0.717) is 18.0 Å². The highest BCUT2D eigenvalue weighted by molar-refractivity contribution is 6.13. The van der Waals surface area contributed by atoms with Crippen LogP contribution < -0.4 is 4.90 Å². The summed E-state index contributed by atoms with van der Waals surface area (Å²) in [5, 5.41) is 7.19. The molecule has 4 atom stereocenters. The summed E-state index contributed by atoms with van der Waals surface area (Å²) in [7, 11) is 0. The van der Waals surface area contributed by atoms with Crippen LogP contribution in [-0.2, 0) is 6.42 Å². The van der Waals surface area contributed by atoms with E-state index in [1.165, 1.54) is 82.9 Å². The zero-order valence-electron chi connectivity index (χ0n) is 39.0. The molecule has 71 heavy (non-hydrogen) atoms. The monoisotopic (exact) mass is 913 g/mol. The molecule has 5 nitrogen and oxygen atoms in total. The fourth-order valence-electron chi connectivity index (χ4n) is 13.3. The molecule has 1 aliphatic heterocycles. The Bertz CT molecular complexity index is 4230. The lowest BCUT2D eigenvalue weighted by Crippen LogP contribution is -2.40. The fourth-order valence-corrected chi connectivity index (χ4v) is 13.3. The highest BCUT2D eigenvalue weighted by Crippen LogP contribution is 2.50. The van der Waals surface area contributed by atoms with E-state index >= 15 is 0 Å². The number of anilines is 1. The summed E-state index contributed by atoms with van der Waals surface area (Å²) < 4.78 is 18.6. The van der Waals surface area contributed by atoms with Gasteiger partial charge in [-0.15, -0.1) is 0 Å². The Morgan fingerprint density at radius 3 is 2.11 bits per heavy atom. The third kappa shape index (κ3) is 5.69. The number of hydrogen-bond donors (Lipinski definition) is 0. The Kier molecular flexibility index (Phi) is 8.30. The van der Waals surface area contributed by atoms with Gasteiger partial charge in [-0.25, -0.2) is 0 Å². The summed E-state index contributed by atoms with van der Waals surface area (Å²) in [5.41, 5.74) is 19.1. The number of furan rings is 2. The predicted octanol–water partition coefficient (Wildman–Crippen LogP) is 16.7. The van der Waals surface area contributed by atoms with Crippen LogP contribution in [0.25, 0.3) is 94.7 Å². The zero-order valence-corrected chi connectivity index (χ0v) is 39.0. The van der Waals surface area contributed by atoms with Gasteiger partial charge >= 0.3 is 0 Å². The maximum atomic E-state index is 6.92. The molecule has 0 spiro atoms. The summed E-state index contributed by atoms with van der Waals surface area (Å²) in [6, 6.07) is 56.1. The van der Waals surface area contributed by atoms with Crippen LogP contribution in [0.5, 0.6) is 0 Å². The van der Waals surface area contributed by atoms with E-state index in [0.717, 1.165) is 70.3 Å². The maximum absolute atomic E-state index is 6.92. The summed E-state index contributed by atoms with van der Waals surface area (Å²) in [6.45, 7) is 0. The van der Waals surface area contributed by atoms with Crippen LogP contribution in [0.3, 0.4) is 0 Å². The van der Waals surface area contributed by atoms with Crippen LogP contribution in [0.15, 0.2) is 215 Å². The number of para-hydroxylation sites is 5. The number of hydrogen-bond acceptors (Lipinski definition) is 3. The summed E-state index contributed by atoms with van der Waals surface area (Å²) >= 11 is 0. The van der Waals surface area contributed by atoms with Crippen molar-refractivity contribution in [3.05, 3.63) is 240 Å². The van der Waals surface area contributed by atoms with Gasteiger partial charge in [-0.05, 0) is 103 Å². The molecular formula is C66H47N3O2. The molecule has 4 aliphatic carbocycles. The van der Waals surface area contributed by atoms with Crippen molar-refractivity contribution in [2.45, 2.75) is 49.6 Å². The molecule has 0 fully saturated rings. The van der Waals surface area contributed by atoms with Gasteiger partial charge in [0.1, 0.15) is 16.9 Å². The lowest BCUT2D eigenvalue weighted by atomic mass is 9.81. The van der Waals surface area contributed by atoms with Crippen LogP contribution in [0.2, 0.25) is 0 Å². The van der Waals surface area contributed by atoms with Crippen LogP contribution in [-0.4, -0.2) is 21.2 Å². The Morgan fingerprint density at radius 1 is 0.521 bits per heavy atom. The Labute approximate surface area is 410 Å². The van der Waals surface area contributed by atoms with Crippen molar-refractivity contribution in [3.63, 3.8) is 0 Å². The standard InChI is InChI=1S/C66H47N3O2/c1-2-14-43(15-3-1)67-56-23-8-6-18-48(56)52-36-40(28-32-60(52)67)41-30-34-63-54(37-41)50-21-12-20-45(65(50)70-63)42-29-33-61-53(38-42)49-19-7-9-24-57(49)68(61)44-31-35-64-55(39-44)51-22-13-27-62(66(51)71-64)69-58-25-10-4-16-46(58)47-17-5-11-26-59(47)69/h1-14,16-19,21-28,30-32,34-39,43,45,52,60H,15,20,29,33H2. The van der Waals surface area contributed by atoms with E-state index in [2.05, 4.69) is 226 Å².